The van der Waals surface area contributed by atoms with Crippen LogP contribution in [0.3, 0.4) is 0 Å². The van der Waals surface area contributed by atoms with E-state index in [9.17, 15) is 8.42 Å². The van der Waals surface area contributed by atoms with Crippen LogP contribution in [-0.2, 0) is 10.0 Å². The van der Waals surface area contributed by atoms with Crippen molar-refractivity contribution >= 4 is 51.7 Å². The van der Waals surface area contributed by atoms with Gasteiger partial charge in [-0.15, -0.1) is 24.0 Å². The van der Waals surface area contributed by atoms with Gasteiger partial charge in [0.2, 0.25) is 10.0 Å². The lowest BCUT2D eigenvalue weighted by Crippen LogP contribution is -2.47. The molecule has 0 spiro atoms. The van der Waals surface area contributed by atoms with E-state index in [2.05, 4.69) is 26.6 Å². The first-order valence-electron chi connectivity index (χ1n) is 6.89. The molecule has 0 aliphatic heterocycles. The lowest BCUT2D eigenvalue weighted by molar-refractivity contribution is 0.419. The molecule has 2 unspecified atom stereocenters. The number of aliphatic imine (C=N–C) groups is 1. The molecule has 9 heteroatoms. The maximum Gasteiger partial charge on any atom is 0.208 e. The van der Waals surface area contributed by atoms with Crippen molar-refractivity contribution in [2.75, 3.05) is 32.6 Å². The summed E-state index contributed by atoms with van der Waals surface area (Å²) in [4.78, 5) is 4.18. The largest absolute Gasteiger partial charge is 0.355 e. The zero-order chi connectivity index (χ0) is 15.0. The number of halogens is 1. The molecule has 0 heterocycles. The quantitative estimate of drug-likeness (QED) is 0.243. The van der Waals surface area contributed by atoms with Crippen molar-refractivity contribution in [2.45, 2.75) is 37.0 Å². The third kappa shape index (κ3) is 9.80. The first-order valence-corrected chi connectivity index (χ1v) is 10.1. The highest BCUT2D eigenvalue weighted by molar-refractivity contribution is 14.0. The summed E-state index contributed by atoms with van der Waals surface area (Å²) in [6.45, 7) is 0.878. The molecule has 3 N–H and O–H groups in total. The van der Waals surface area contributed by atoms with Gasteiger partial charge in [-0.3, -0.25) is 4.99 Å². The Balaban J connectivity index is 0.00000400. The minimum Gasteiger partial charge on any atom is -0.355 e. The Hall–Kier alpha value is 0.260. The molecule has 1 fully saturated rings. The average molecular weight is 450 g/mol. The Labute approximate surface area is 149 Å². The Morgan fingerprint density at radius 2 is 2.05 bits per heavy atom. The van der Waals surface area contributed by atoms with Gasteiger partial charge in [0.05, 0.1) is 6.26 Å². The molecule has 1 aliphatic carbocycles. The van der Waals surface area contributed by atoms with Crippen LogP contribution in [0.2, 0.25) is 0 Å². The topological polar surface area (TPSA) is 82.6 Å². The molecule has 1 aliphatic rings. The summed E-state index contributed by atoms with van der Waals surface area (Å²) in [6, 6.07) is 0.454. The highest BCUT2D eigenvalue weighted by Gasteiger charge is 2.21. The van der Waals surface area contributed by atoms with Crippen LogP contribution < -0.4 is 15.4 Å². The smallest absolute Gasteiger partial charge is 0.208 e. The minimum atomic E-state index is -3.12. The van der Waals surface area contributed by atoms with Gasteiger partial charge in [0, 0.05) is 31.4 Å². The van der Waals surface area contributed by atoms with Crippen molar-refractivity contribution in [1.29, 1.82) is 0 Å². The van der Waals surface area contributed by atoms with Gasteiger partial charge < -0.3 is 10.6 Å². The molecule has 0 aromatic rings. The molecule has 0 bridgehead atoms. The maximum absolute atomic E-state index is 10.9. The van der Waals surface area contributed by atoms with Crippen LogP contribution in [0.15, 0.2) is 4.99 Å². The molecule has 6 nitrogen and oxygen atoms in total. The van der Waals surface area contributed by atoms with Crippen molar-refractivity contribution < 1.29 is 8.42 Å². The molecule has 0 radical (unpaired) electrons. The van der Waals surface area contributed by atoms with Gasteiger partial charge in [-0.05, 0) is 25.5 Å². The fourth-order valence-electron chi connectivity index (χ4n) is 2.30. The molecule has 1 rings (SSSR count). The van der Waals surface area contributed by atoms with Gasteiger partial charge in [0.1, 0.15) is 0 Å². The summed E-state index contributed by atoms with van der Waals surface area (Å²) in [5, 5.41) is 7.27. The predicted octanol–water partition coefficient (Wildman–Crippen LogP) is 0.993. The van der Waals surface area contributed by atoms with Crippen LogP contribution in [0.5, 0.6) is 0 Å². The highest BCUT2D eigenvalue weighted by Crippen LogP contribution is 2.26. The number of hydrogen-bond donors (Lipinski definition) is 3. The lowest BCUT2D eigenvalue weighted by atomic mass is 9.95. The zero-order valence-corrected chi connectivity index (χ0v) is 16.8. The Morgan fingerprint density at radius 3 is 2.62 bits per heavy atom. The summed E-state index contributed by atoms with van der Waals surface area (Å²) >= 11 is 1.93. The van der Waals surface area contributed by atoms with Gasteiger partial charge in [-0.2, -0.15) is 11.8 Å². The predicted molar refractivity (Wildman–Crippen MR) is 102 cm³/mol. The molecule has 0 saturated heterocycles. The van der Waals surface area contributed by atoms with E-state index in [0.29, 0.717) is 19.1 Å². The normalized spacial score (nSPS) is 23.3. The standard InChI is InChI=1S/C12H26N4O2S2.HI/c1-13-12(14-7-8-15-20(3,17)18)16-10-5-4-6-11(9-10)19-2;/h10-11,15H,4-9H2,1-3H3,(H2,13,14,16);1H. The van der Waals surface area contributed by atoms with Crippen molar-refractivity contribution in [1.82, 2.24) is 15.4 Å². The second-order valence-corrected chi connectivity index (χ2v) is 8.00. The van der Waals surface area contributed by atoms with Gasteiger partial charge in [0.15, 0.2) is 5.96 Å². The van der Waals surface area contributed by atoms with Gasteiger partial charge in [-0.1, -0.05) is 6.42 Å². The number of hydrogen-bond acceptors (Lipinski definition) is 4. The number of guanidine groups is 1. The van der Waals surface area contributed by atoms with E-state index in [1.807, 2.05) is 11.8 Å². The molecular weight excluding hydrogens is 423 g/mol. The van der Waals surface area contributed by atoms with Crippen molar-refractivity contribution in [3.05, 3.63) is 0 Å². The summed E-state index contributed by atoms with van der Waals surface area (Å²) < 4.78 is 24.3. The van der Waals surface area contributed by atoms with Crippen molar-refractivity contribution in [3.63, 3.8) is 0 Å². The minimum absolute atomic E-state index is 0. The molecule has 0 aromatic carbocycles. The number of sulfonamides is 1. The van der Waals surface area contributed by atoms with Crippen LogP contribution in [-0.4, -0.2) is 58.3 Å². The van der Waals surface area contributed by atoms with E-state index < -0.39 is 10.0 Å². The molecule has 21 heavy (non-hydrogen) atoms. The Bertz CT molecular complexity index is 417. The molecule has 1 saturated carbocycles. The summed E-state index contributed by atoms with van der Waals surface area (Å²) in [6.07, 6.45) is 8.18. The van der Waals surface area contributed by atoms with Crippen LogP contribution in [0.1, 0.15) is 25.7 Å². The first-order chi connectivity index (χ1) is 9.44. The van der Waals surface area contributed by atoms with E-state index in [1.54, 1.807) is 7.05 Å². The number of nitrogens with zero attached hydrogens (tertiary/aromatic N) is 1. The fraction of sp³-hybridized carbons (Fsp3) is 0.917. The van der Waals surface area contributed by atoms with Gasteiger partial charge in [0.25, 0.3) is 0 Å². The summed E-state index contributed by atoms with van der Waals surface area (Å²) in [5.74, 6) is 0.743. The van der Waals surface area contributed by atoms with Gasteiger partial charge in [-0.25, -0.2) is 13.1 Å². The molecule has 0 amide bonds. The lowest BCUT2D eigenvalue weighted by Gasteiger charge is -2.29. The van der Waals surface area contributed by atoms with Gasteiger partial charge >= 0.3 is 0 Å². The highest BCUT2D eigenvalue weighted by atomic mass is 127. The number of rotatable bonds is 6. The monoisotopic (exact) mass is 450 g/mol. The zero-order valence-electron chi connectivity index (χ0n) is 12.9. The second kappa shape index (κ2) is 10.9. The number of nitrogens with one attached hydrogen (secondary N) is 3. The van der Waals surface area contributed by atoms with E-state index in [-0.39, 0.29) is 24.0 Å². The first kappa shape index (κ1) is 21.3. The van der Waals surface area contributed by atoms with Crippen LogP contribution >= 0.6 is 35.7 Å². The summed E-state index contributed by atoms with van der Waals surface area (Å²) in [5.41, 5.74) is 0. The van der Waals surface area contributed by atoms with Crippen molar-refractivity contribution in [3.8, 4) is 0 Å². The Morgan fingerprint density at radius 1 is 1.33 bits per heavy atom. The third-order valence-electron chi connectivity index (χ3n) is 3.31. The van der Waals surface area contributed by atoms with Crippen molar-refractivity contribution in [2.24, 2.45) is 4.99 Å². The molecular formula is C12H27IN4O2S2. The van der Waals surface area contributed by atoms with E-state index in [4.69, 9.17) is 0 Å². The van der Waals surface area contributed by atoms with Crippen LogP contribution in [0, 0.1) is 0 Å². The summed E-state index contributed by atoms with van der Waals surface area (Å²) in [7, 11) is -1.39. The SMILES string of the molecule is CN=C(NCCNS(C)(=O)=O)NC1CCCC(SC)C1.I. The molecule has 2 atom stereocenters. The average Bonchev–Trinajstić information content (AvgIpc) is 2.41. The van der Waals surface area contributed by atoms with E-state index in [0.717, 1.165) is 23.9 Å². The fourth-order valence-corrected chi connectivity index (χ4v) is 3.60. The molecule has 126 valence electrons. The Kier molecular flexibility index (Phi) is 11.0. The number of thioether (sulfide) groups is 1. The third-order valence-corrected chi connectivity index (χ3v) is 5.13. The van der Waals surface area contributed by atoms with E-state index in [1.165, 1.54) is 19.3 Å². The van der Waals surface area contributed by atoms with E-state index >= 15 is 0 Å². The maximum atomic E-state index is 10.9. The van der Waals surface area contributed by atoms with Crippen LogP contribution in [0.25, 0.3) is 0 Å². The van der Waals surface area contributed by atoms with Crippen LogP contribution in [0.4, 0.5) is 0 Å². The molecule has 0 aromatic heterocycles. The second-order valence-electron chi connectivity index (χ2n) is 5.03.